The van der Waals surface area contributed by atoms with Crippen molar-refractivity contribution in [2.45, 2.75) is 26.7 Å². The van der Waals surface area contributed by atoms with Crippen LogP contribution in [0.1, 0.15) is 41.5 Å². The van der Waals surface area contributed by atoms with E-state index >= 15 is 0 Å². The Hall–Kier alpha value is -3.48. The van der Waals surface area contributed by atoms with E-state index in [0.29, 0.717) is 22.8 Å². The molecule has 0 radical (unpaired) electrons. The third-order valence-corrected chi connectivity index (χ3v) is 4.32. The molecule has 1 amide bonds. The van der Waals surface area contributed by atoms with E-state index in [1.165, 1.54) is 6.20 Å². The monoisotopic (exact) mass is 360 g/mol. The third kappa shape index (κ3) is 3.19. The summed E-state index contributed by atoms with van der Waals surface area (Å²) in [5, 5.41) is 7.10. The van der Waals surface area contributed by atoms with Gasteiger partial charge in [-0.3, -0.25) is 4.79 Å². The van der Waals surface area contributed by atoms with Gasteiger partial charge < -0.3 is 9.88 Å². The van der Waals surface area contributed by atoms with E-state index in [1.54, 1.807) is 16.9 Å². The Morgan fingerprint density at radius 1 is 1.11 bits per heavy atom. The normalized spacial score (nSPS) is 11.3. The second-order valence-electron chi connectivity index (χ2n) is 6.77. The second-order valence-corrected chi connectivity index (χ2v) is 6.77. The Morgan fingerprint density at radius 3 is 2.63 bits per heavy atom. The molecule has 0 atom stereocenters. The summed E-state index contributed by atoms with van der Waals surface area (Å²) in [5.74, 6) is 1.09. The fourth-order valence-electron chi connectivity index (χ4n) is 2.99. The summed E-state index contributed by atoms with van der Waals surface area (Å²) in [6.45, 7) is 6.15. The highest BCUT2D eigenvalue weighted by atomic mass is 16.1. The molecule has 0 bridgehead atoms. The molecule has 7 nitrogen and oxygen atoms in total. The number of nitrogens with zero attached hydrogens (tertiary/aromatic N) is 5. The van der Waals surface area contributed by atoms with Gasteiger partial charge in [0, 0.05) is 42.1 Å². The molecule has 136 valence electrons. The molecule has 0 aliphatic carbocycles. The first-order chi connectivity index (χ1) is 13.0. The highest BCUT2D eigenvalue weighted by Gasteiger charge is 2.14. The molecule has 3 aromatic heterocycles. The summed E-state index contributed by atoms with van der Waals surface area (Å²) in [4.78, 5) is 21.3. The number of fused-ring (bicyclic) bond motifs is 1. The predicted molar refractivity (Wildman–Crippen MR) is 103 cm³/mol. The highest BCUT2D eigenvalue weighted by Crippen LogP contribution is 2.20. The highest BCUT2D eigenvalue weighted by molar-refractivity contribution is 6.08. The Kier molecular flexibility index (Phi) is 4.19. The van der Waals surface area contributed by atoms with Gasteiger partial charge in [0.2, 0.25) is 0 Å². The van der Waals surface area contributed by atoms with E-state index < -0.39 is 0 Å². The zero-order valence-corrected chi connectivity index (χ0v) is 15.4. The molecule has 0 aliphatic rings. The first-order valence-electron chi connectivity index (χ1n) is 8.78. The van der Waals surface area contributed by atoms with Crippen LogP contribution < -0.4 is 5.32 Å². The lowest BCUT2D eigenvalue weighted by Gasteiger charge is -2.11. The Morgan fingerprint density at radius 2 is 1.89 bits per heavy atom. The van der Waals surface area contributed by atoms with Crippen LogP contribution >= 0.6 is 0 Å². The van der Waals surface area contributed by atoms with Crippen molar-refractivity contribution < 1.29 is 4.79 Å². The van der Waals surface area contributed by atoms with Crippen LogP contribution in [0, 0.1) is 6.92 Å². The van der Waals surface area contributed by atoms with Crippen molar-refractivity contribution in [2.75, 3.05) is 5.32 Å². The van der Waals surface area contributed by atoms with Crippen molar-refractivity contribution in [1.29, 1.82) is 0 Å². The van der Waals surface area contributed by atoms with Crippen molar-refractivity contribution in [3.63, 3.8) is 0 Å². The fraction of sp³-hybridized carbons (Fsp3) is 0.200. The van der Waals surface area contributed by atoms with E-state index in [2.05, 4.69) is 34.2 Å². The van der Waals surface area contributed by atoms with E-state index in [-0.39, 0.29) is 5.91 Å². The van der Waals surface area contributed by atoms with Gasteiger partial charge >= 0.3 is 0 Å². The molecule has 7 heteroatoms. The Bertz CT molecular complexity index is 1110. The minimum absolute atomic E-state index is 0.236. The van der Waals surface area contributed by atoms with Crippen molar-refractivity contribution >= 4 is 17.2 Å². The maximum absolute atomic E-state index is 12.6. The molecule has 0 aliphatic heterocycles. The van der Waals surface area contributed by atoms with E-state index in [0.717, 1.165) is 17.1 Å². The minimum Gasteiger partial charge on any atom is -0.322 e. The minimum atomic E-state index is -0.236. The molecule has 27 heavy (non-hydrogen) atoms. The quantitative estimate of drug-likeness (QED) is 0.603. The van der Waals surface area contributed by atoms with Gasteiger partial charge in [0.25, 0.3) is 5.91 Å². The van der Waals surface area contributed by atoms with Crippen LogP contribution in [-0.2, 0) is 0 Å². The molecule has 0 unspecified atom stereocenters. The van der Waals surface area contributed by atoms with Gasteiger partial charge in [-0.05, 0) is 36.8 Å². The van der Waals surface area contributed by atoms with Crippen LogP contribution in [-0.4, -0.2) is 30.1 Å². The topological polar surface area (TPSA) is 77.1 Å². The summed E-state index contributed by atoms with van der Waals surface area (Å²) in [6, 6.07) is 7.67. The van der Waals surface area contributed by atoms with Crippen molar-refractivity contribution in [3.8, 4) is 5.69 Å². The number of anilines is 1. The van der Waals surface area contributed by atoms with Gasteiger partial charge in [-0.1, -0.05) is 13.8 Å². The molecular weight excluding hydrogens is 340 g/mol. The maximum atomic E-state index is 12.6. The lowest BCUT2D eigenvalue weighted by atomic mass is 10.2. The standard InChI is InChI=1S/C20H20N6O/c1-13(2)18-21-8-9-25(18)16-6-4-15(5-7-16)24-20(27)17-11-23-26-12-14(3)10-22-19(17)26/h4-13H,1-3H3,(H,24,27). The van der Waals surface area contributed by atoms with Gasteiger partial charge in [0.15, 0.2) is 5.65 Å². The summed E-state index contributed by atoms with van der Waals surface area (Å²) < 4.78 is 3.66. The number of imidazole rings is 1. The summed E-state index contributed by atoms with van der Waals surface area (Å²) >= 11 is 0. The molecule has 4 aromatic rings. The summed E-state index contributed by atoms with van der Waals surface area (Å²) in [5.41, 5.74) is 3.67. The molecule has 0 saturated carbocycles. The average Bonchev–Trinajstić information content (AvgIpc) is 3.29. The van der Waals surface area contributed by atoms with Crippen molar-refractivity contribution in [2.24, 2.45) is 0 Å². The Balaban J connectivity index is 1.56. The molecule has 4 rings (SSSR count). The predicted octanol–water partition coefficient (Wildman–Crippen LogP) is 3.60. The average molecular weight is 360 g/mol. The molecule has 0 fully saturated rings. The lowest BCUT2D eigenvalue weighted by Crippen LogP contribution is -2.12. The number of carbonyl (C=O) groups is 1. The summed E-state index contributed by atoms with van der Waals surface area (Å²) in [6.07, 6.45) is 8.83. The van der Waals surface area contributed by atoms with Crippen molar-refractivity contribution in [1.82, 2.24) is 24.1 Å². The van der Waals surface area contributed by atoms with Crippen LogP contribution in [0.25, 0.3) is 11.3 Å². The number of nitrogens with one attached hydrogen (secondary N) is 1. The van der Waals surface area contributed by atoms with Gasteiger partial charge in [0.1, 0.15) is 11.4 Å². The first kappa shape index (κ1) is 17.0. The number of benzene rings is 1. The van der Waals surface area contributed by atoms with Crippen LogP contribution in [0.15, 0.2) is 55.2 Å². The maximum Gasteiger partial charge on any atom is 0.261 e. The molecule has 3 heterocycles. The number of aryl methyl sites for hydroxylation is 1. The summed E-state index contributed by atoms with van der Waals surface area (Å²) in [7, 11) is 0. The molecular formula is C20H20N6O. The molecule has 1 N–H and O–H groups in total. The number of amides is 1. The lowest BCUT2D eigenvalue weighted by molar-refractivity contribution is 0.102. The van der Waals surface area contributed by atoms with Crippen LogP contribution in [0.2, 0.25) is 0 Å². The number of hydrogen-bond acceptors (Lipinski definition) is 4. The number of rotatable bonds is 4. The van der Waals surface area contributed by atoms with Gasteiger partial charge in [-0.25, -0.2) is 14.5 Å². The smallest absolute Gasteiger partial charge is 0.261 e. The van der Waals surface area contributed by atoms with Crippen LogP contribution in [0.4, 0.5) is 5.69 Å². The first-order valence-corrected chi connectivity index (χ1v) is 8.78. The number of carbonyl (C=O) groups excluding carboxylic acids is 1. The second kappa shape index (κ2) is 6.68. The van der Waals surface area contributed by atoms with E-state index in [4.69, 9.17) is 0 Å². The zero-order chi connectivity index (χ0) is 19.0. The number of hydrogen-bond donors (Lipinski definition) is 1. The van der Waals surface area contributed by atoms with Gasteiger partial charge in [0.05, 0.1) is 6.20 Å². The molecule has 0 spiro atoms. The van der Waals surface area contributed by atoms with E-state index in [1.807, 2.05) is 48.1 Å². The molecule has 0 saturated heterocycles. The van der Waals surface area contributed by atoms with E-state index in [9.17, 15) is 4.79 Å². The van der Waals surface area contributed by atoms with Gasteiger partial charge in [-0.15, -0.1) is 0 Å². The largest absolute Gasteiger partial charge is 0.322 e. The van der Waals surface area contributed by atoms with Crippen LogP contribution in [0.5, 0.6) is 0 Å². The van der Waals surface area contributed by atoms with Gasteiger partial charge in [-0.2, -0.15) is 5.10 Å². The fourth-order valence-corrected chi connectivity index (χ4v) is 2.99. The molecule has 1 aromatic carbocycles. The Labute approximate surface area is 156 Å². The van der Waals surface area contributed by atoms with Crippen LogP contribution in [0.3, 0.4) is 0 Å². The van der Waals surface area contributed by atoms with Crippen molar-refractivity contribution in [3.05, 3.63) is 72.2 Å². The SMILES string of the molecule is Cc1cnc2c(C(=O)Nc3ccc(-n4ccnc4C(C)C)cc3)cnn2c1. The third-order valence-electron chi connectivity index (χ3n) is 4.32. The number of aromatic nitrogens is 5. The zero-order valence-electron chi connectivity index (χ0n) is 15.4.